The van der Waals surface area contributed by atoms with E-state index in [0.29, 0.717) is 18.1 Å². The van der Waals surface area contributed by atoms with Gasteiger partial charge in [-0.15, -0.1) is 0 Å². The van der Waals surface area contributed by atoms with Gasteiger partial charge in [0.15, 0.2) is 0 Å². The Bertz CT molecular complexity index is 1540. The number of aliphatic hydroxyl groups excluding tert-OH is 1. The summed E-state index contributed by atoms with van der Waals surface area (Å²) in [6.45, 7) is 3.81. The number of esters is 1. The van der Waals surface area contributed by atoms with Crippen molar-refractivity contribution in [1.29, 1.82) is 0 Å². The molecule has 0 fully saturated rings. The highest BCUT2D eigenvalue weighted by Gasteiger charge is 2.20. The van der Waals surface area contributed by atoms with Crippen LogP contribution in [0.2, 0.25) is 5.02 Å². The maximum atomic E-state index is 13.2. The molecule has 1 N–H and O–H groups in total. The Morgan fingerprint density at radius 3 is 2.32 bits per heavy atom. The molecule has 8 heteroatoms. The van der Waals surface area contributed by atoms with Crippen LogP contribution in [0.1, 0.15) is 46.5 Å². The van der Waals surface area contributed by atoms with Crippen molar-refractivity contribution in [3.8, 4) is 0 Å². The van der Waals surface area contributed by atoms with Gasteiger partial charge in [0.2, 0.25) is 9.84 Å². The zero-order chi connectivity index (χ0) is 29.2. The molecule has 0 amide bonds. The zero-order valence-electron chi connectivity index (χ0n) is 22.9. The van der Waals surface area contributed by atoms with Gasteiger partial charge in [0.05, 0.1) is 28.1 Å². The van der Waals surface area contributed by atoms with Crippen molar-refractivity contribution in [2.24, 2.45) is 0 Å². The summed E-state index contributed by atoms with van der Waals surface area (Å²) in [5.74, 6) is -0.554. The molecular formula is C33H34ClNO5S. The van der Waals surface area contributed by atoms with Crippen LogP contribution in [0.5, 0.6) is 0 Å². The molecule has 0 saturated heterocycles. The van der Waals surface area contributed by atoms with Gasteiger partial charge in [0.25, 0.3) is 0 Å². The van der Waals surface area contributed by atoms with Crippen LogP contribution < -0.4 is 0 Å². The molecule has 0 radical (unpaired) electrons. The third kappa shape index (κ3) is 8.50. The van der Waals surface area contributed by atoms with Gasteiger partial charge in [0, 0.05) is 18.1 Å². The normalized spacial score (nSPS) is 12.3. The molecule has 41 heavy (non-hydrogen) atoms. The van der Waals surface area contributed by atoms with Crippen LogP contribution in [-0.4, -0.2) is 44.1 Å². The van der Waals surface area contributed by atoms with Crippen LogP contribution in [0, 0.1) is 0 Å². The quantitative estimate of drug-likeness (QED) is 0.178. The Morgan fingerprint density at radius 1 is 0.878 bits per heavy atom. The Balaban J connectivity index is 1.40. The fraction of sp³-hybridized carbons (Fsp3) is 0.242. The minimum absolute atomic E-state index is 0.0469. The standard InChI is InChI=1S/C33H34ClNO5S/c1-2-40-33(37)28-13-7-15-31(22-28)41(38,39)30-18-16-25(17-19-30)11-8-20-35(23-26-9-4-3-5-10-26)24-32(36)27-12-6-14-29(34)21-27/h3-7,9-10,12-19,21-22,32,36H,2,8,11,20,23-24H2,1H3/t32-/m0/s1. The summed E-state index contributed by atoms with van der Waals surface area (Å²) in [5, 5.41) is 11.5. The molecule has 0 aliphatic carbocycles. The second-order valence-corrected chi connectivity index (χ2v) is 12.2. The fourth-order valence-corrected chi connectivity index (χ4v) is 6.13. The number of halogens is 1. The summed E-state index contributed by atoms with van der Waals surface area (Å²) < 4.78 is 31.4. The van der Waals surface area contributed by atoms with Gasteiger partial charge in [-0.1, -0.05) is 72.3 Å². The number of aryl methyl sites for hydroxylation is 1. The molecule has 0 aliphatic heterocycles. The molecular weight excluding hydrogens is 558 g/mol. The molecule has 0 aromatic heterocycles. The maximum Gasteiger partial charge on any atom is 0.338 e. The average Bonchev–Trinajstić information content (AvgIpc) is 2.98. The number of benzene rings is 4. The van der Waals surface area contributed by atoms with Gasteiger partial charge >= 0.3 is 5.97 Å². The summed E-state index contributed by atoms with van der Waals surface area (Å²) >= 11 is 6.13. The van der Waals surface area contributed by atoms with Gasteiger partial charge in [-0.3, -0.25) is 4.90 Å². The van der Waals surface area contributed by atoms with Crippen molar-refractivity contribution < 1.29 is 23.1 Å². The van der Waals surface area contributed by atoms with Gasteiger partial charge in [0.1, 0.15) is 0 Å². The molecule has 6 nitrogen and oxygen atoms in total. The average molecular weight is 592 g/mol. The molecule has 4 rings (SSSR count). The number of aliphatic hydroxyl groups is 1. The van der Waals surface area contributed by atoms with Crippen LogP contribution in [0.3, 0.4) is 0 Å². The van der Waals surface area contributed by atoms with Crippen LogP contribution in [0.25, 0.3) is 0 Å². The lowest BCUT2D eigenvalue weighted by molar-refractivity contribution is 0.0526. The lowest BCUT2D eigenvalue weighted by Crippen LogP contribution is -2.29. The van der Waals surface area contributed by atoms with Crippen molar-refractivity contribution in [1.82, 2.24) is 4.90 Å². The lowest BCUT2D eigenvalue weighted by atomic mass is 10.1. The first-order valence-electron chi connectivity index (χ1n) is 13.6. The van der Waals surface area contributed by atoms with E-state index in [9.17, 15) is 18.3 Å². The van der Waals surface area contributed by atoms with Crippen molar-refractivity contribution in [2.75, 3.05) is 19.7 Å². The first-order chi connectivity index (χ1) is 19.8. The molecule has 4 aromatic rings. The summed E-state index contributed by atoms with van der Waals surface area (Å²) in [5.41, 5.74) is 3.15. The van der Waals surface area contributed by atoms with Crippen molar-refractivity contribution >= 4 is 27.4 Å². The number of rotatable bonds is 13. The van der Waals surface area contributed by atoms with E-state index in [1.807, 2.05) is 42.5 Å². The minimum Gasteiger partial charge on any atom is -0.462 e. The number of sulfone groups is 1. The predicted molar refractivity (Wildman–Crippen MR) is 161 cm³/mol. The number of nitrogens with zero attached hydrogens (tertiary/aromatic N) is 1. The fourth-order valence-electron chi connectivity index (χ4n) is 4.62. The largest absolute Gasteiger partial charge is 0.462 e. The number of carbonyl (C=O) groups excluding carboxylic acids is 1. The molecule has 0 saturated carbocycles. The highest BCUT2D eigenvalue weighted by Crippen LogP contribution is 2.24. The lowest BCUT2D eigenvalue weighted by Gasteiger charge is -2.25. The van der Waals surface area contributed by atoms with E-state index in [1.54, 1.807) is 31.2 Å². The van der Waals surface area contributed by atoms with Gasteiger partial charge in [-0.25, -0.2) is 13.2 Å². The first kappa shape index (κ1) is 30.5. The summed E-state index contributed by atoms with van der Waals surface area (Å²) in [6.07, 6.45) is 0.893. The van der Waals surface area contributed by atoms with Crippen LogP contribution in [0.15, 0.2) is 113 Å². The van der Waals surface area contributed by atoms with Crippen LogP contribution in [0.4, 0.5) is 0 Å². The predicted octanol–water partition coefficient (Wildman–Crippen LogP) is 6.52. The Morgan fingerprint density at radius 2 is 1.61 bits per heavy atom. The summed E-state index contributed by atoms with van der Waals surface area (Å²) in [7, 11) is -3.79. The molecule has 0 spiro atoms. The second-order valence-electron chi connectivity index (χ2n) is 9.79. The van der Waals surface area contributed by atoms with Crippen molar-refractivity contribution in [2.45, 2.75) is 42.2 Å². The smallest absolute Gasteiger partial charge is 0.338 e. The van der Waals surface area contributed by atoms with Crippen LogP contribution >= 0.6 is 11.6 Å². The number of carbonyl (C=O) groups is 1. The number of hydrogen-bond donors (Lipinski definition) is 1. The zero-order valence-corrected chi connectivity index (χ0v) is 24.5. The molecule has 214 valence electrons. The summed E-state index contributed by atoms with van der Waals surface area (Å²) in [6, 6.07) is 30.2. The third-order valence-electron chi connectivity index (χ3n) is 6.74. The first-order valence-corrected chi connectivity index (χ1v) is 15.4. The monoisotopic (exact) mass is 591 g/mol. The van der Waals surface area contributed by atoms with E-state index in [0.717, 1.165) is 36.1 Å². The topological polar surface area (TPSA) is 83.9 Å². The molecule has 0 aliphatic rings. The van der Waals surface area contributed by atoms with Gasteiger partial charge in [-0.2, -0.15) is 0 Å². The van der Waals surface area contributed by atoms with Crippen molar-refractivity contribution in [3.63, 3.8) is 0 Å². The Hall–Kier alpha value is -3.49. The minimum atomic E-state index is -3.79. The van der Waals surface area contributed by atoms with Crippen molar-refractivity contribution in [3.05, 3.63) is 130 Å². The second kappa shape index (κ2) is 14.4. The molecule has 0 bridgehead atoms. The van der Waals surface area contributed by atoms with Gasteiger partial charge < -0.3 is 9.84 Å². The van der Waals surface area contributed by atoms with E-state index in [2.05, 4.69) is 17.0 Å². The van der Waals surface area contributed by atoms with E-state index < -0.39 is 21.9 Å². The third-order valence-corrected chi connectivity index (χ3v) is 8.74. The van der Waals surface area contributed by atoms with Crippen LogP contribution in [-0.2, 0) is 27.5 Å². The Kier molecular flexibility index (Phi) is 10.7. The molecule has 0 unspecified atom stereocenters. The van der Waals surface area contributed by atoms with E-state index in [4.69, 9.17) is 16.3 Å². The maximum absolute atomic E-state index is 13.2. The van der Waals surface area contributed by atoms with E-state index in [-0.39, 0.29) is 22.0 Å². The molecule has 1 atom stereocenters. The van der Waals surface area contributed by atoms with E-state index >= 15 is 0 Å². The molecule has 4 aromatic carbocycles. The number of hydrogen-bond acceptors (Lipinski definition) is 6. The highest BCUT2D eigenvalue weighted by atomic mass is 35.5. The van der Waals surface area contributed by atoms with E-state index in [1.165, 1.54) is 24.3 Å². The highest BCUT2D eigenvalue weighted by molar-refractivity contribution is 7.91. The SMILES string of the molecule is CCOC(=O)c1cccc(S(=O)(=O)c2ccc(CCCN(Cc3ccccc3)C[C@H](O)c3cccc(Cl)c3)cc2)c1. The van der Waals surface area contributed by atoms with Gasteiger partial charge in [-0.05, 0) is 85.5 Å². The Labute approximate surface area is 247 Å². The summed E-state index contributed by atoms with van der Waals surface area (Å²) in [4.78, 5) is 14.5. The molecule has 0 heterocycles. The number of ether oxygens (including phenoxy) is 1.